The summed E-state index contributed by atoms with van der Waals surface area (Å²) in [5.74, 6) is 2.31. The van der Waals surface area contributed by atoms with Crippen molar-refractivity contribution >= 4 is 0 Å². The van der Waals surface area contributed by atoms with E-state index in [1.165, 1.54) is 22.3 Å². The van der Waals surface area contributed by atoms with Crippen LogP contribution < -0.4 is 0 Å². The highest BCUT2D eigenvalue weighted by molar-refractivity contribution is 5.79. The summed E-state index contributed by atoms with van der Waals surface area (Å²) in [5.41, 5.74) is 6.60. The smallest absolute Gasteiger partial charge is 0.223 e. The second kappa shape index (κ2) is 5.95. The van der Waals surface area contributed by atoms with Gasteiger partial charge in [0.25, 0.3) is 0 Å². The van der Waals surface area contributed by atoms with Crippen LogP contribution in [0.2, 0.25) is 0 Å². The molecule has 0 spiro atoms. The molecule has 0 saturated carbocycles. The molecule has 26 heavy (non-hydrogen) atoms. The van der Waals surface area contributed by atoms with Crippen molar-refractivity contribution in [3.63, 3.8) is 0 Å². The molecule has 1 aliphatic carbocycles. The third kappa shape index (κ3) is 2.52. The summed E-state index contributed by atoms with van der Waals surface area (Å²) in [4.78, 5) is 8.85. The third-order valence-electron chi connectivity index (χ3n) is 4.91. The Balaban J connectivity index is 1.43. The van der Waals surface area contributed by atoms with Crippen LogP contribution in [0.1, 0.15) is 22.8 Å². The van der Waals surface area contributed by atoms with Crippen LogP contribution in [0.25, 0.3) is 22.5 Å². The summed E-state index contributed by atoms with van der Waals surface area (Å²) in [6.45, 7) is 2.58. The molecular formula is C21H18N4O. The van der Waals surface area contributed by atoms with Gasteiger partial charge in [-0.15, -0.1) is 0 Å². The largest absolute Gasteiger partial charge is 0.340 e. The average molecular weight is 342 g/mol. The minimum atomic E-state index is 0.601. The summed E-state index contributed by atoms with van der Waals surface area (Å²) in [7, 11) is 0. The van der Waals surface area contributed by atoms with E-state index in [9.17, 15) is 0 Å². The van der Waals surface area contributed by atoms with Crippen LogP contribution >= 0.6 is 0 Å². The number of aryl methyl sites for hydroxylation is 3. The molecule has 2 aromatic heterocycles. The van der Waals surface area contributed by atoms with Crippen LogP contribution in [-0.2, 0) is 19.4 Å². The average Bonchev–Trinajstić information content (AvgIpc) is 3.37. The van der Waals surface area contributed by atoms with Gasteiger partial charge in [-0.1, -0.05) is 41.6 Å². The van der Waals surface area contributed by atoms with Crippen LogP contribution in [0.4, 0.5) is 0 Å². The van der Waals surface area contributed by atoms with E-state index in [-0.39, 0.29) is 0 Å². The van der Waals surface area contributed by atoms with Crippen molar-refractivity contribution in [2.45, 2.75) is 26.3 Å². The maximum atomic E-state index is 5.04. The minimum absolute atomic E-state index is 0.601. The lowest BCUT2D eigenvalue weighted by Gasteiger charge is -2.08. The Labute approximate surface area is 151 Å². The number of rotatable bonds is 4. The number of fused-ring (bicyclic) bond motifs is 3. The van der Waals surface area contributed by atoms with Crippen molar-refractivity contribution in [1.82, 2.24) is 19.7 Å². The number of hydrogen-bond donors (Lipinski definition) is 0. The van der Waals surface area contributed by atoms with E-state index >= 15 is 0 Å². The molecule has 0 fully saturated rings. The van der Waals surface area contributed by atoms with Gasteiger partial charge in [-0.2, -0.15) is 4.98 Å². The predicted molar refractivity (Wildman–Crippen MR) is 98.6 cm³/mol. The lowest BCUT2D eigenvalue weighted by Crippen LogP contribution is -2.04. The topological polar surface area (TPSA) is 56.7 Å². The molecule has 5 rings (SSSR count). The first-order valence-corrected chi connectivity index (χ1v) is 8.80. The van der Waals surface area contributed by atoms with E-state index < -0.39 is 0 Å². The Kier molecular flexibility index (Phi) is 3.45. The van der Waals surface area contributed by atoms with Crippen molar-refractivity contribution in [1.29, 1.82) is 0 Å². The summed E-state index contributed by atoms with van der Waals surface area (Å²) >= 11 is 0. The van der Waals surface area contributed by atoms with Gasteiger partial charge in [-0.05, 0) is 34.7 Å². The maximum absolute atomic E-state index is 5.04. The molecule has 5 heteroatoms. The van der Waals surface area contributed by atoms with Crippen LogP contribution in [0.3, 0.4) is 0 Å². The standard InChI is InChI=1S/C21H18N4O/c1-14-23-20(24-26-14)8-10-25-11-9-22-21(25)16-6-7-19-17(13-16)12-15-4-2-3-5-18(15)19/h2-7,9,11,13H,8,10,12H2,1H3. The van der Waals surface area contributed by atoms with Crippen molar-refractivity contribution in [3.8, 4) is 22.5 Å². The molecule has 0 saturated heterocycles. The molecule has 0 atom stereocenters. The monoisotopic (exact) mass is 342 g/mol. The van der Waals surface area contributed by atoms with Crippen molar-refractivity contribution < 1.29 is 4.52 Å². The Hall–Kier alpha value is -3.21. The molecular weight excluding hydrogens is 324 g/mol. The fraction of sp³-hybridized carbons (Fsp3) is 0.190. The van der Waals surface area contributed by atoms with Crippen LogP contribution in [0.5, 0.6) is 0 Å². The quantitative estimate of drug-likeness (QED) is 0.494. The van der Waals surface area contributed by atoms with Gasteiger partial charge in [0, 0.05) is 37.8 Å². The predicted octanol–water partition coefficient (Wildman–Crippen LogP) is 4.06. The Morgan fingerprint density at radius 1 is 1.08 bits per heavy atom. The number of benzene rings is 2. The first-order chi connectivity index (χ1) is 12.8. The number of nitrogens with zero attached hydrogens (tertiary/aromatic N) is 4. The lowest BCUT2D eigenvalue weighted by atomic mass is 10.0. The highest BCUT2D eigenvalue weighted by Gasteiger charge is 2.19. The molecule has 0 radical (unpaired) electrons. The van der Waals surface area contributed by atoms with Gasteiger partial charge in [0.15, 0.2) is 5.82 Å². The molecule has 1 aliphatic rings. The summed E-state index contributed by atoms with van der Waals surface area (Å²) < 4.78 is 7.19. The van der Waals surface area contributed by atoms with Crippen molar-refractivity contribution in [2.24, 2.45) is 0 Å². The van der Waals surface area contributed by atoms with E-state index in [2.05, 4.69) is 62.2 Å². The van der Waals surface area contributed by atoms with E-state index in [1.54, 1.807) is 0 Å². The zero-order valence-corrected chi connectivity index (χ0v) is 14.5. The normalized spacial score (nSPS) is 12.2. The second-order valence-corrected chi connectivity index (χ2v) is 6.63. The molecule has 2 aromatic carbocycles. The van der Waals surface area contributed by atoms with Gasteiger partial charge >= 0.3 is 0 Å². The summed E-state index contributed by atoms with van der Waals surface area (Å²) in [6, 6.07) is 15.3. The minimum Gasteiger partial charge on any atom is -0.340 e. The fourth-order valence-electron chi connectivity index (χ4n) is 3.70. The fourth-order valence-corrected chi connectivity index (χ4v) is 3.70. The van der Waals surface area contributed by atoms with Gasteiger partial charge in [0.1, 0.15) is 5.82 Å². The Morgan fingerprint density at radius 2 is 1.96 bits per heavy atom. The second-order valence-electron chi connectivity index (χ2n) is 6.63. The highest BCUT2D eigenvalue weighted by atomic mass is 16.5. The lowest BCUT2D eigenvalue weighted by molar-refractivity contribution is 0.386. The van der Waals surface area contributed by atoms with Gasteiger partial charge in [0.2, 0.25) is 5.89 Å². The Morgan fingerprint density at radius 3 is 2.85 bits per heavy atom. The molecule has 0 unspecified atom stereocenters. The number of aromatic nitrogens is 4. The molecule has 2 heterocycles. The van der Waals surface area contributed by atoms with E-state index in [0.717, 1.165) is 36.6 Å². The van der Waals surface area contributed by atoms with Gasteiger partial charge in [-0.3, -0.25) is 0 Å². The molecule has 0 amide bonds. The van der Waals surface area contributed by atoms with Crippen LogP contribution in [0.15, 0.2) is 59.4 Å². The maximum Gasteiger partial charge on any atom is 0.223 e. The summed E-state index contributed by atoms with van der Waals surface area (Å²) in [6.07, 6.45) is 5.56. The van der Waals surface area contributed by atoms with E-state index in [4.69, 9.17) is 4.52 Å². The first-order valence-electron chi connectivity index (χ1n) is 8.80. The SMILES string of the molecule is Cc1nc(CCn2ccnc2-c2ccc3c(c2)Cc2ccccc2-3)no1. The van der Waals surface area contributed by atoms with Crippen LogP contribution in [-0.4, -0.2) is 19.7 Å². The number of imidazole rings is 1. The molecule has 128 valence electrons. The first kappa shape index (κ1) is 15.1. The third-order valence-corrected chi connectivity index (χ3v) is 4.91. The summed E-state index contributed by atoms with van der Waals surface area (Å²) in [5, 5.41) is 3.97. The zero-order chi connectivity index (χ0) is 17.5. The molecule has 5 nitrogen and oxygen atoms in total. The zero-order valence-electron chi connectivity index (χ0n) is 14.5. The van der Waals surface area contributed by atoms with Gasteiger partial charge < -0.3 is 9.09 Å². The van der Waals surface area contributed by atoms with Gasteiger partial charge in [-0.25, -0.2) is 4.98 Å². The molecule has 4 aromatic rings. The highest BCUT2D eigenvalue weighted by Crippen LogP contribution is 2.38. The van der Waals surface area contributed by atoms with E-state index in [0.29, 0.717) is 5.89 Å². The molecule has 0 bridgehead atoms. The van der Waals surface area contributed by atoms with Crippen LogP contribution in [0, 0.1) is 6.92 Å². The molecule has 0 N–H and O–H groups in total. The van der Waals surface area contributed by atoms with Crippen molar-refractivity contribution in [2.75, 3.05) is 0 Å². The molecule has 0 aliphatic heterocycles. The van der Waals surface area contributed by atoms with Gasteiger partial charge in [0.05, 0.1) is 0 Å². The van der Waals surface area contributed by atoms with Crippen molar-refractivity contribution in [3.05, 3.63) is 77.7 Å². The van der Waals surface area contributed by atoms with E-state index in [1.807, 2.05) is 19.3 Å². The number of hydrogen-bond acceptors (Lipinski definition) is 4. The Bertz CT molecular complexity index is 1090.